The number of amides is 1. The standard InChI is InChI=1S/C18H14ClFN4O2S/c1-26-14-8-6-13(7-9-14)22-18-23-16(19)15(27-18)10-21-24-17(25)11-2-4-12(20)5-3-11/h2-10H,1H3,(H,22,23)(H,24,25)/b21-10+. The van der Waals surface area contributed by atoms with Crippen LogP contribution in [0.4, 0.5) is 15.2 Å². The molecule has 0 spiro atoms. The largest absolute Gasteiger partial charge is 0.497 e. The maximum atomic E-state index is 12.9. The average molecular weight is 405 g/mol. The van der Waals surface area contributed by atoms with Crippen LogP contribution in [-0.2, 0) is 0 Å². The van der Waals surface area contributed by atoms with E-state index >= 15 is 0 Å². The molecule has 2 N–H and O–H groups in total. The molecule has 0 aliphatic heterocycles. The third kappa shape index (κ3) is 5.02. The van der Waals surface area contributed by atoms with Gasteiger partial charge in [-0.25, -0.2) is 14.8 Å². The molecule has 3 rings (SSSR count). The zero-order valence-corrected chi connectivity index (χ0v) is 15.6. The second-order valence-electron chi connectivity index (χ2n) is 5.23. The highest BCUT2D eigenvalue weighted by molar-refractivity contribution is 7.17. The molecule has 1 amide bonds. The molecule has 6 nitrogen and oxygen atoms in total. The number of halogens is 2. The van der Waals surface area contributed by atoms with E-state index in [1.807, 2.05) is 24.3 Å². The van der Waals surface area contributed by atoms with Gasteiger partial charge in [0.25, 0.3) is 5.91 Å². The van der Waals surface area contributed by atoms with Gasteiger partial charge in [0.05, 0.1) is 18.2 Å². The fourth-order valence-electron chi connectivity index (χ4n) is 2.06. The predicted octanol–water partition coefficient (Wildman–Crippen LogP) is 4.45. The van der Waals surface area contributed by atoms with E-state index in [1.165, 1.54) is 41.8 Å². The van der Waals surface area contributed by atoms with Crippen molar-refractivity contribution < 1.29 is 13.9 Å². The molecule has 0 fully saturated rings. The van der Waals surface area contributed by atoms with E-state index in [0.717, 1.165) is 11.4 Å². The Balaban J connectivity index is 1.62. The number of thiazole rings is 1. The molecule has 0 aliphatic carbocycles. The number of ether oxygens (including phenoxy) is 1. The SMILES string of the molecule is COc1ccc(Nc2nc(Cl)c(/C=N/NC(=O)c3ccc(F)cc3)s2)cc1. The van der Waals surface area contributed by atoms with Crippen molar-refractivity contribution in [1.82, 2.24) is 10.4 Å². The molecule has 9 heteroatoms. The van der Waals surface area contributed by atoms with Gasteiger partial charge >= 0.3 is 0 Å². The van der Waals surface area contributed by atoms with Gasteiger partial charge in [-0.15, -0.1) is 0 Å². The number of hydrogen-bond acceptors (Lipinski definition) is 6. The van der Waals surface area contributed by atoms with Gasteiger partial charge in [-0.05, 0) is 48.5 Å². The summed E-state index contributed by atoms with van der Waals surface area (Å²) in [6.45, 7) is 0. The Hall–Kier alpha value is -2.97. The minimum atomic E-state index is -0.455. The normalized spacial score (nSPS) is 10.8. The number of hydrogen-bond donors (Lipinski definition) is 2. The molecule has 0 unspecified atom stereocenters. The van der Waals surface area contributed by atoms with Crippen molar-refractivity contribution in [3.63, 3.8) is 0 Å². The van der Waals surface area contributed by atoms with Crippen LogP contribution < -0.4 is 15.5 Å². The molecular formula is C18H14ClFN4O2S. The van der Waals surface area contributed by atoms with Gasteiger partial charge < -0.3 is 10.1 Å². The lowest BCUT2D eigenvalue weighted by molar-refractivity contribution is 0.0955. The zero-order chi connectivity index (χ0) is 19.2. The smallest absolute Gasteiger partial charge is 0.271 e. The third-order valence-corrected chi connectivity index (χ3v) is 4.71. The van der Waals surface area contributed by atoms with Crippen molar-refractivity contribution in [2.75, 3.05) is 12.4 Å². The Labute approximate surface area is 163 Å². The number of hydrazone groups is 1. The third-order valence-electron chi connectivity index (χ3n) is 3.41. The van der Waals surface area contributed by atoms with Crippen molar-refractivity contribution in [2.24, 2.45) is 5.10 Å². The van der Waals surface area contributed by atoms with Gasteiger partial charge in [-0.2, -0.15) is 5.10 Å². The Kier molecular flexibility index (Phi) is 6.00. The molecule has 0 saturated carbocycles. The highest BCUT2D eigenvalue weighted by atomic mass is 35.5. The van der Waals surface area contributed by atoms with Crippen LogP contribution in [0.3, 0.4) is 0 Å². The van der Waals surface area contributed by atoms with Crippen molar-refractivity contribution in [3.05, 3.63) is 69.9 Å². The molecule has 0 atom stereocenters. The molecule has 0 bridgehead atoms. The van der Waals surface area contributed by atoms with Crippen molar-refractivity contribution in [2.45, 2.75) is 0 Å². The van der Waals surface area contributed by atoms with E-state index in [4.69, 9.17) is 16.3 Å². The number of benzene rings is 2. The van der Waals surface area contributed by atoms with Crippen LogP contribution in [0.25, 0.3) is 0 Å². The van der Waals surface area contributed by atoms with Crippen LogP contribution >= 0.6 is 22.9 Å². The first-order valence-corrected chi connectivity index (χ1v) is 8.91. The lowest BCUT2D eigenvalue weighted by Crippen LogP contribution is -2.17. The summed E-state index contributed by atoms with van der Waals surface area (Å²) in [6.07, 6.45) is 1.40. The Morgan fingerprint density at radius 2 is 1.93 bits per heavy atom. The summed E-state index contributed by atoms with van der Waals surface area (Å²) in [7, 11) is 1.60. The molecule has 1 heterocycles. The van der Waals surface area contributed by atoms with Gasteiger partial charge in [-0.3, -0.25) is 4.79 Å². The molecular weight excluding hydrogens is 391 g/mol. The van der Waals surface area contributed by atoms with Crippen molar-refractivity contribution >= 4 is 45.9 Å². The maximum Gasteiger partial charge on any atom is 0.271 e. The first-order valence-electron chi connectivity index (χ1n) is 7.71. The summed E-state index contributed by atoms with van der Waals surface area (Å²) in [4.78, 5) is 16.7. The van der Waals surface area contributed by atoms with Crippen LogP contribution in [0.5, 0.6) is 5.75 Å². The number of nitrogens with one attached hydrogen (secondary N) is 2. The van der Waals surface area contributed by atoms with Crippen LogP contribution in [-0.4, -0.2) is 24.2 Å². The number of nitrogens with zero attached hydrogens (tertiary/aromatic N) is 2. The number of aromatic nitrogens is 1. The van der Waals surface area contributed by atoms with E-state index in [0.29, 0.717) is 15.6 Å². The van der Waals surface area contributed by atoms with E-state index in [2.05, 4.69) is 20.8 Å². The summed E-state index contributed by atoms with van der Waals surface area (Å²) in [5, 5.41) is 7.84. The minimum absolute atomic E-state index is 0.260. The molecule has 0 aliphatic rings. The summed E-state index contributed by atoms with van der Waals surface area (Å²) in [6, 6.07) is 12.5. The quantitative estimate of drug-likeness (QED) is 0.470. The summed E-state index contributed by atoms with van der Waals surface area (Å²) in [5.74, 6) is -0.116. The molecule has 2 aromatic carbocycles. The van der Waals surface area contributed by atoms with Gasteiger partial charge in [0.15, 0.2) is 10.3 Å². The number of carbonyl (C=O) groups is 1. The van der Waals surface area contributed by atoms with Gasteiger partial charge in [0.2, 0.25) is 0 Å². The highest BCUT2D eigenvalue weighted by Gasteiger charge is 2.09. The Bertz CT molecular complexity index is 958. The van der Waals surface area contributed by atoms with E-state index in [-0.39, 0.29) is 5.15 Å². The molecule has 27 heavy (non-hydrogen) atoms. The van der Waals surface area contributed by atoms with Crippen molar-refractivity contribution in [3.8, 4) is 5.75 Å². The fourth-order valence-corrected chi connectivity index (χ4v) is 3.11. The second kappa shape index (κ2) is 8.61. The fraction of sp³-hybridized carbons (Fsp3) is 0.0556. The first kappa shape index (κ1) is 18.8. The lowest BCUT2D eigenvalue weighted by atomic mass is 10.2. The van der Waals surface area contributed by atoms with Gasteiger partial charge in [0.1, 0.15) is 11.6 Å². The van der Waals surface area contributed by atoms with Crippen molar-refractivity contribution in [1.29, 1.82) is 0 Å². The molecule has 138 valence electrons. The summed E-state index contributed by atoms with van der Waals surface area (Å²) < 4.78 is 18.0. The highest BCUT2D eigenvalue weighted by Crippen LogP contribution is 2.28. The van der Waals surface area contributed by atoms with E-state index in [9.17, 15) is 9.18 Å². The van der Waals surface area contributed by atoms with Crippen LogP contribution in [0.1, 0.15) is 15.2 Å². The zero-order valence-electron chi connectivity index (χ0n) is 14.1. The van der Waals surface area contributed by atoms with Gasteiger partial charge in [0, 0.05) is 11.3 Å². The second-order valence-corrected chi connectivity index (χ2v) is 6.62. The molecule has 3 aromatic rings. The number of rotatable bonds is 6. The predicted molar refractivity (Wildman–Crippen MR) is 105 cm³/mol. The van der Waals surface area contributed by atoms with Gasteiger partial charge in [-0.1, -0.05) is 22.9 Å². The lowest BCUT2D eigenvalue weighted by Gasteiger charge is -2.03. The number of anilines is 2. The molecule has 0 saturated heterocycles. The Morgan fingerprint density at radius 3 is 2.59 bits per heavy atom. The monoisotopic (exact) mass is 404 g/mol. The maximum absolute atomic E-state index is 12.9. The van der Waals surface area contributed by atoms with Crippen LogP contribution in [0.2, 0.25) is 5.15 Å². The van der Waals surface area contributed by atoms with E-state index in [1.54, 1.807) is 7.11 Å². The molecule has 0 radical (unpaired) electrons. The van der Waals surface area contributed by atoms with Crippen LogP contribution in [0.15, 0.2) is 53.6 Å². The number of methoxy groups -OCH3 is 1. The number of carbonyl (C=O) groups excluding carboxylic acids is 1. The summed E-state index contributed by atoms with van der Waals surface area (Å²) >= 11 is 7.38. The summed E-state index contributed by atoms with van der Waals surface area (Å²) in [5.41, 5.74) is 3.48. The topological polar surface area (TPSA) is 75.6 Å². The molecule has 1 aromatic heterocycles. The van der Waals surface area contributed by atoms with Crippen LogP contribution in [0, 0.1) is 5.82 Å². The Morgan fingerprint density at radius 1 is 1.22 bits per heavy atom. The minimum Gasteiger partial charge on any atom is -0.497 e. The van der Waals surface area contributed by atoms with E-state index < -0.39 is 11.7 Å². The first-order chi connectivity index (χ1) is 13.0. The average Bonchev–Trinajstić information content (AvgIpc) is 3.02.